The highest BCUT2D eigenvalue weighted by Crippen LogP contribution is 2.11. The van der Waals surface area contributed by atoms with E-state index in [0.29, 0.717) is 0 Å². The predicted octanol–water partition coefficient (Wildman–Crippen LogP) is -2.06. The van der Waals surface area contributed by atoms with Crippen LogP contribution in [-0.2, 0) is 9.59 Å². The fourth-order valence-corrected chi connectivity index (χ4v) is 0.276. The van der Waals surface area contributed by atoms with E-state index in [9.17, 15) is 9.59 Å². The summed E-state index contributed by atoms with van der Waals surface area (Å²) in [5, 5.41) is 18.1. The third-order valence-corrected chi connectivity index (χ3v) is 0.552. The first-order chi connectivity index (χ1) is 5.86. The lowest BCUT2D eigenvalue weighted by Crippen LogP contribution is -2.27. The average molecular weight is 215 g/mol. The van der Waals surface area contributed by atoms with Crippen molar-refractivity contribution in [2.24, 2.45) is 0 Å². The van der Waals surface area contributed by atoms with E-state index in [1.165, 1.54) is 0 Å². The second-order valence-electron chi connectivity index (χ2n) is 1.66. The second-order valence-corrected chi connectivity index (χ2v) is 2.20. The second kappa shape index (κ2) is 9.30. The summed E-state index contributed by atoms with van der Waals surface area (Å²) in [6, 6.07) is 0. The molecule has 0 aliphatic rings. The van der Waals surface area contributed by atoms with E-state index in [-0.39, 0.29) is 13.1 Å². The molecule has 8 nitrogen and oxygen atoms in total. The van der Waals surface area contributed by atoms with Crippen molar-refractivity contribution in [2.75, 3.05) is 13.1 Å². The van der Waals surface area contributed by atoms with Gasteiger partial charge in [0.15, 0.2) is 0 Å². The first-order valence-electron chi connectivity index (χ1n) is 2.87. The summed E-state index contributed by atoms with van der Waals surface area (Å²) in [6.07, 6.45) is 0. The molecule has 0 atom stereocenters. The fourth-order valence-electron chi connectivity index (χ4n) is 0.276. The van der Waals surface area contributed by atoms with Gasteiger partial charge in [0, 0.05) is 0 Å². The van der Waals surface area contributed by atoms with Crippen LogP contribution >= 0.6 is 8.60 Å². The van der Waals surface area contributed by atoms with E-state index < -0.39 is 20.5 Å². The molecular weight excluding hydrogens is 205 g/mol. The third kappa shape index (κ3) is 35.0. The third-order valence-electron chi connectivity index (χ3n) is 0.552. The Balaban J connectivity index is 0. The maximum Gasteiger partial charge on any atom is 0.324 e. The number of carboxylic acid groups (broad SMARTS) is 2. The van der Waals surface area contributed by atoms with E-state index in [4.69, 9.17) is 24.9 Å². The van der Waals surface area contributed by atoms with Gasteiger partial charge in [-0.1, -0.05) is 0 Å². The fraction of sp³-hybridized carbons (Fsp3) is 0.500. The van der Waals surface area contributed by atoms with E-state index in [2.05, 4.69) is 5.32 Å². The molecule has 0 aromatic rings. The van der Waals surface area contributed by atoms with Crippen LogP contribution in [0.25, 0.3) is 0 Å². The molecule has 0 unspecified atom stereocenters. The molecule has 0 heterocycles. The molecule has 0 bridgehead atoms. The van der Waals surface area contributed by atoms with Crippen LogP contribution in [-0.4, -0.2) is 49.9 Å². The van der Waals surface area contributed by atoms with Gasteiger partial charge in [0.25, 0.3) is 0 Å². The Hall–Kier alpha value is -0.790. The highest BCUT2D eigenvalue weighted by molar-refractivity contribution is 7.38. The van der Waals surface area contributed by atoms with Crippen molar-refractivity contribution in [3.63, 3.8) is 0 Å². The molecular formula is C4H10NO7P. The van der Waals surface area contributed by atoms with Gasteiger partial charge in [-0.2, -0.15) is 0 Å². The Morgan fingerprint density at radius 1 is 1.00 bits per heavy atom. The lowest BCUT2D eigenvalue weighted by Gasteiger charge is -1.93. The molecule has 0 aliphatic heterocycles. The van der Waals surface area contributed by atoms with Crippen LogP contribution in [0.2, 0.25) is 0 Å². The van der Waals surface area contributed by atoms with Crippen molar-refractivity contribution in [1.29, 1.82) is 0 Å². The SMILES string of the molecule is O=C(O)CNCC(=O)O.OP(O)O. The van der Waals surface area contributed by atoms with Crippen molar-refractivity contribution >= 4 is 20.5 Å². The molecule has 0 fully saturated rings. The van der Waals surface area contributed by atoms with Gasteiger partial charge in [-0.25, -0.2) is 0 Å². The zero-order valence-electron chi connectivity index (χ0n) is 6.41. The van der Waals surface area contributed by atoms with Gasteiger partial charge in [0.2, 0.25) is 0 Å². The van der Waals surface area contributed by atoms with Crippen molar-refractivity contribution < 1.29 is 34.5 Å². The summed E-state index contributed by atoms with van der Waals surface area (Å²) in [6.45, 7) is -0.626. The predicted molar refractivity (Wildman–Crippen MR) is 41.7 cm³/mol. The minimum Gasteiger partial charge on any atom is -0.480 e. The summed E-state index contributed by atoms with van der Waals surface area (Å²) in [5.74, 6) is -2.12. The van der Waals surface area contributed by atoms with Gasteiger partial charge >= 0.3 is 20.5 Å². The number of hydrogen-bond donors (Lipinski definition) is 6. The lowest BCUT2D eigenvalue weighted by molar-refractivity contribution is -0.137. The number of rotatable bonds is 4. The number of hydrogen-bond acceptors (Lipinski definition) is 6. The first-order valence-corrected chi connectivity index (χ1v) is 4.07. The van der Waals surface area contributed by atoms with E-state index in [1.807, 2.05) is 0 Å². The van der Waals surface area contributed by atoms with Crippen LogP contribution in [0, 0.1) is 0 Å². The molecule has 13 heavy (non-hydrogen) atoms. The molecule has 0 rings (SSSR count). The standard InChI is InChI=1S/C4H7NO4.H3O3P/c6-3(7)1-5-2-4(8)9;1-4(2)3/h5H,1-2H2,(H,6,7)(H,8,9);1-3H. The molecule has 0 amide bonds. The van der Waals surface area contributed by atoms with Gasteiger partial charge in [0.05, 0.1) is 13.1 Å². The van der Waals surface area contributed by atoms with Crippen LogP contribution in [0.15, 0.2) is 0 Å². The molecule has 6 N–H and O–H groups in total. The number of carbonyl (C=O) groups is 2. The summed E-state index contributed by atoms with van der Waals surface area (Å²) in [5.41, 5.74) is 0. The van der Waals surface area contributed by atoms with Crippen LogP contribution in [0.5, 0.6) is 0 Å². The Labute approximate surface area is 74.4 Å². The zero-order valence-corrected chi connectivity index (χ0v) is 7.31. The monoisotopic (exact) mass is 215 g/mol. The normalized spacial score (nSPS) is 8.92. The van der Waals surface area contributed by atoms with Crippen molar-refractivity contribution in [2.45, 2.75) is 0 Å². The van der Waals surface area contributed by atoms with Gasteiger partial charge in [-0.15, -0.1) is 0 Å². The molecule has 0 radical (unpaired) electrons. The van der Waals surface area contributed by atoms with Crippen molar-refractivity contribution in [1.82, 2.24) is 5.32 Å². The molecule has 0 aromatic carbocycles. The Bertz CT molecular complexity index is 144. The molecule has 9 heteroatoms. The van der Waals surface area contributed by atoms with Crippen LogP contribution < -0.4 is 5.32 Å². The van der Waals surface area contributed by atoms with Crippen LogP contribution in [0.4, 0.5) is 0 Å². The Morgan fingerprint density at radius 3 is 1.38 bits per heavy atom. The molecule has 0 aromatic heterocycles. The highest BCUT2D eigenvalue weighted by Gasteiger charge is 1.97. The lowest BCUT2D eigenvalue weighted by atomic mass is 10.6. The first kappa shape index (κ1) is 14.7. The van der Waals surface area contributed by atoms with Crippen LogP contribution in [0.1, 0.15) is 0 Å². The van der Waals surface area contributed by atoms with Crippen molar-refractivity contribution in [3.05, 3.63) is 0 Å². The molecule has 0 spiro atoms. The largest absolute Gasteiger partial charge is 0.480 e. The average Bonchev–Trinajstić information content (AvgIpc) is 1.83. The van der Waals surface area contributed by atoms with E-state index in [0.717, 1.165) is 0 Å². The maximum atomic E-state index is 9.73. The number of carboxylic acids is 2. The number of aliphatic carboxylic acids is 2. The van der Waals surface area contributed by atoms with Crippen LogP contribution in [0.3, 0.4) is 0 Å². The van der Waals surface area contributed by atoms with E-state index in [1.54, 1.807) is 0 Å². The topological polar surface area (TPSA) is 147 Å². The molecule has 0 saturated carbocycles. The van der Waals surface area contributed by atoms with Gasteiger partial charge in [0.1, 0.15) is 0 Å². The smallest absolute Gasteiger partial charge is 0.324 e. The minimum atomic E-state index is -2.62. The zero-order chi connectivity index (χ0) is 10.9. The van der Waals surface area contributed by atoms with Gasteiger partial charge in [-0.05, 0) is 0 Å². The van der Waals surface area contributed by atoms with E-state index >= 15 is 0 Å². The molecule has 0 saturated heterocycles. The van der Waals surface area contributed by atoms with Crippen molar-refractivity contribution in [3.8, 4) is 0 Å². The number of nitrogens with one attached hydrogen (secondary N) is 1. The van der Waals surface area contributed by atoms with Gasteiger partial charge in [-0.3, -0.25) is 14.9 Å². The summed E-state index contributed by atoms with van der Waals surface area (Å²) in [4.78, 5) is 41.1. The summed E-state index contributed by atoms with van der Waals surface area (Å²) >= 11 is 0. The van der Waals surface area contributed by atoms with Gasteiger partial charge < -0.3 is 24.9 Å². The Morgan fingerprint density at radius 2 is 1.23 bits per heavy atom. The summed E-state index contributed by atoms with van der Waals surface area (Å²) in [7, 11) is -2.62. The Kier molecular flexibility index (Phi) is 10.5. The minimum absolute atomic E-state index is 0.313. The molecule has 78 valence electrons. The highest BCUT2D eigenvalue weighted by atomic mass is 31.2. The quantitative estimate of drug-likeness (QED) is 0.293. The summed E-state index contributed by atoms with van der Waals surface area (Å²) < 4.78 is 0. The molecule has 0 aliphatic carbocycles. The maximum absolute atomic E-state index is 9.73.